The van der Waals surface area contributed by atoms with E-state index in [4.69, 9.17) is 5.73 Å². The molecule has 0 aromatic rings. The SMILES string of the molecule is COC(=O)C(C)(N)CN(C)CC1CCC1. The van der Waals surface area contributed by atoms with Gasteiger partial charge in [0.1, 0.15) is 5.54 Å². The molecule has 1 fully saturated rings. The van der Waals surface area contributed by atoms with Crippen LogP contribution in [-0.2, 0) is 9.53 Å². The summed E-state index contributed by atoms with van der Waals surface area (Å²) in [6, 6.07) is 0. The number of ether oxygens (including phenoxy) is 1. The van der Waals surface area contributed by atoms with Gasteiger partial charge in [-0.3, -0.25) is 4.79 Å². The summed E-state index contributed by atoms with van der Waals surface area (Å²) >= 11 is 0. The predicted molar refractivity (Wildman–Crippen MR) is 59.4 cm³/mol. The van der Waals surface area contributed by atoms with Crippen molar-refractivity contribution in [3.05, 3.63) is 0 Å². The Morgan fingerprint density at radius 1 is 1.60 bits per heavy atom. The van der Waals surface area contributed by atoms with E-state index in [9.17, 15) is 4.79 Å². The van der Waals surface area contributed by atoms with Gasteiger partial charge in [-0.1, -0.05) is 6.42 Å². The van der Waals surface area contributed by atoms with E-state index in [1.165, 1.54) is 26.4 Å². The maximum Gasteiger partial charge on any atom is 0.326 e. The molecule has 4 heteroatoms. The zero-order chi connectivity index (χ0) is 11.5. The molecule has 0 heterocycles. The lowest BCUT2D eigenvalue weighted by molar-refractivity contribution is -0.147. The number of methoxy groups -OCH3 is 1. The average molecular weight is 214 g/mol. The van der Waals surface area contributed by atoms with Gasteiger partial charge < -0.3 is 15.4 Å². The Balaban J connectivity index is 2.34. The minimum atomic E-state index is -0.896. The highest BCUT2D eigenvalue weighted by Gasteiger charge is 2.31. The molecule has 0 aromatic heterocycles. The number of carbonyl (C=O) groups is 1. The molecule has 88 valence electrons. The summed E-state index contributed by atoms with van der Waals surface area (Å²) in [6.07, 6.45) is 3.96. The monoisotopic (exact) mass is 214 g/mol. The Labute approximate surface area is 91.8 Å². The molecule has 0 saturated heterocycles. The van der Waals surface area contributed by atoms with E-state index < -0.39 is 5.54 Å². The first-order valence-corrected chi connectivity index (χ1v) is 5.51. The van der Waals surface area contributed by atoms with E-state index in [0.717, 1.165) is 12.5 Å². The number of hydrogen-bond donors (Lipinski definition) is 1. The van der Waals surface area contributed by atoms with Crippen LogP contribution in [0.1, 0.15) is 26.2 Å². The van der Waals surface area contributed by atoms with Crippen LogP contribution in [0.4, 0.5) is 0 Å². The first kappa shape index (κ1) is 12.5. The van der Waals surface area contributed by atoms with E-state index in [0.29, 0.717) is 6.54 Å². The largest absolute Gasteiger partial charge is 0.468 e. The number of esters is 1. The molecular formula is C11H22N2O2. The summed E-state index contributed by atoms with van der Waals surface area (Å²) in [5, 5.41) is 0. The highest BCUT2D eigenvalue weighted by Crippen LogP contribution is 2.26. The van der Waals surface area contributed by atoms with Crippen LogP contribution >= 0.6 is 0 Å². The van der Waals surface area contributed by atoms with Crippen molar-refractivity contribution in [3.8, 4) is 0 Å². The first-order valence-electron chi connectivity index (χ1n) is 5.51. The third kappa shape index (κ3) is 3.47. The van der Waals surface area contributed by atoms with E-state index in [2.05, 4.69) is 9.64 Å². The van der Waals surface area contributed by atoms with Gasteiger partial charge in [-0.15, -0.1) is 0 Å². The average Bonchev–Trinajstić information content (AvgIpc) is 2.09. The van der Waals surface area contributed by atoms with Gasteiger partial charge in [0.25, 0.3) is 0 Å². The molecule has 0 bridgehead atoms. The van der Waals surface area contributed by atoms with Crippen molar-refractivity contribution in [3.63, 3.8) is 0 Å². The zero-order valence-electron chi connectivity index (χ0n) is 9.95. The maximum atomic E-state index is 11.4. The number of nitrogens with two attached hydrogens (primary N) is 1. The number of carbonyl (C=O) groups excluding carboxylic acids is 1. The van der Waals surface area contributed by atoms with Crippen molar-refractivity contribution in [2.24, 2.45) is 11.7 Å². The lowest BCUT2D eigenvalue weighted by atomic mass is 9.85. The molecule has 0 spiro atoms. The van der Waals surface area contributed by atoms with Crippen molar-refractivity contribution in [2.45, 2.75) is 31.7 Å². The zero-order valence-corrected chi connectivity index (χ0v) is 9.95. The molecule has 1 unspecified atom stereocenters. The van der Waals surface area contributed by atoms with E-state index >= 15 is 0 Å². The molecule has 0 aliphatic heterocycles. The van der Waals surface area contributed by atoms with E-state index in [-0.39, 0.29) is 5.97 Å². The summed E-state index contributed by atoms with van der Waals surface area (Å²) in [4.78, 5) is 13.5. The third-order valence-corrected chi connectivity index (χ3v) is 3.04. The highest BCUT2D eigenvalue weighted by atomic mass is 16.5. The second kappa shape index (κ2) is 4.94. The number of hydrogen-bond acceptors (Lipinski definition) is 4. The Morgan fingerprint density at radius 3 is 2.60 bits per heavy atom. The molecule has 0 amide bonds. The smallest absolute Gasteiger partial charge is 0.326 e. The minimum Gasteiger partial charge on any atom is -0.468 e. The number of likely N-dealkylation sites (N-methyl/N-ethyl adjacent to an activating group) is 1. The van der Waals surface area contributed by atoms with Crippen LogP contribution in [0.15, 0.2) is 0 Å². The standard InChI is InChI=1S/C11H22N2O2/c1-11(12,10(14)15-3)8-13(2)7-9-5-4-6-9/h9H,4-8,12H2,1-3H3. The molecule has 1 aliphatic carbocycles. The van der Waals surface area contributed by atoms with Crippen LogP contribution in [0.25, 0.3) is 0 Å². The van der Waals surface area contributed by atoms with Gasteiger partial charge in [0.2, 0.25) is 0 Å². The van der Waals surface area contributed by atoms with Gasteiger partial charge in [-0.25, -0.2) is 0 Å². The Bertz CT molecular complexity index is 225. The third-order valence-electron chi connectivity index (χ3n) is 3.04. The van der Waals surface area contributed by atoms with Crippen LogP contribution < -0.4 is 5.73 Å². The fraction of sp³-hybridized carbons (Fsp3) is 0.909. The molecule has 15 heavy (non-hydrogen) atoms. The second-order valence-corrected chi connectivity index (χ2v) is 4.90. The normalized spacial score (nSPS) is 20.9. The topological polar surface area (TPSA) is 55.6 Å². The fourth-order valence-corrected chi connectivity index (χ4v) is 2.04. The summed E-state index contributed by atoms with van der Waals surface area (Å²) in [7, 11) is 3.38. The Hall–Kier alpha value is -0.610. The Kier molecular flexibility index (Phi) is 4.11. The molecular weight excluding hydrogens is 192 g/mol. The molecule has 0 radical (unpaired) electrons. The van der Waals surface area contributed by atoms with Crippen molar-refractivity contribution < 1.29 is 9.53 Å². The van der Waals surface area contributed by atoms with Gasteiger partial charge >= 0.3 is 5.97 Å². The van der Waals surface area contributed by atoms with Gasteiger partial charge in [-0.2, -0.15) is 0 Å². The predicted octanol–water partition coefficient (Wildman–Crippen LogP) is 0.609. The van der Waals surface area contributed by atoms with Crippen LogP contribution in [0.2, 0.25) is 0 Å². The van der Waals surface area contributed by atoms with Gasteiger partial charge in [-0.05, 0) is 32.7 Å². The molecule has 1 aliphatic rings. The molecule has 1 rings (SSSR count). The lowest BCUT2D eigenvalue weighted by Gasteiger charge is -2.33. The number of nitrogens with zero attached hydrogens (tertiary/aromatic N) is 1. The molecule has 1 saturated carbocycles. The molecule has 1 atom stereocenters. The quantitative estimate of drug-likeness (QED) is 0.681. The van der Waals surface area contributed by atoms with Crippen molar-refractivity contribution >= 4 is 5.97 Å². The lowest BCUT2D eigenvalue weighted by Crippen LogP contribution is -2.54. The van der Waals surface area contributed by atoms with Crippen LogP contribution in [0.3, 0.4) is 0 Å². The summed E-state index contributed by atoms with van der Waals surface area (Å²) < 4.78 is 4.67. The first-order chi connectivity index (χ1) is 6.95. The fourth-order valence-electron chi connectivity index (χ4n) is 2.04. The van der Waals surface area contributed by atoms with Crippen molar-refractivity contribution in [1.82, 2.24) is 4.90 Å². The number of rotatable bonds is 5. The van der Waals surface area contributed by atoms with Gasteiger partial charge in [0.05, 0.1) is 7.11 Å². The maximum absolute atomic E-state index is 11.4. The molecule has 0 aromatic carbocycles. The van der Waals surface area contributed by atoms with Gasteiger partial charge in [0.15, 0.2) is 0 Å². The summed E-state index contributed by atoms with van der Waals surface area (Å²) in [5.41, 5.74) is 5.00. The summed E-state index contributed by atoms with van der Waals surface area (Å²) in [5.74, 6) is 0.450. The van der Waals surface area contributed by atoms with E-state index in [1.54, 1.807) is 6.92 Å². The second-order valence-electron chi connectivity index (χ2n) is 4.90. The molecule has 2 N–H and O–H groups in total. The Morgan fingerprint density at radius 2 is 2.20 bits per heavy atom. The van der Waals surface area contributed by atoms with Crippen molar-refractivity contribution in [2.75, 3.05) is 27.2 Å². The van der Waals surface area contributed by atoms with Crippen LogP contribution in [0.5, 0.6) is 0 Å². The van der Waals surface area contributed by atoms with Crippen LogP contribution in [0, 0.1) is 5.92 Å². The van der Waals surface area contributed by atoms with Gasteiger partial charge in [0, 0.05) is 13.1 Å². The minimum absolute atomic E-state index is 0.344. The summed E-state index contributed by atoms with van der Waals surface area (Å²) in [6.45, 7) is 3.30. The van der Waals surface area contributed by atoms with Crippen LogP contribution in [-0.4, -0.2) is 43.7 Å². The molecule has 4 nitrogen and oxygen atoms in total. The highest BCUT2D eigenvalue weighted by molar-refractivity contribution is 5.80. The van der Waals surface area contributed by atoms with E-state index in [1.807, 2.05) is 7.05 Å². The van der Waals surface area contributed by atoms with Crippen molar-refractivity contribution in [1.29, 1.82) is 0 Å².